The molecule has 1 saturated heterocycles. The van der Waals surface area contributed by atoms with E-state index in [9.17, 15) is 9.18 Å². The molecular weight excluding hydrogens is 423 g/mol. The van der Waals surface area contributed by atoms with Gasteiger partial charge in [0.25, 0.3) is 0 Å². The standard InChI is InChI=1S/C25H29FN4OS/c1-3-22-11-7-8-16-29(22)24(31)18(2)32-25-28-27-23(20-12-14-21(26)15-13-20)30(25)17-19-9-5-4-6-10-19/h4-6,9-10,12-15,18,22H,3,7-8,11,16-17H2,1-2H3. The molecule has 0 bridgehead atoms. The van der Waals surface area contributed by atoms with Crippen molar-refractivity contribution < 1.29 is 9.18 Å². The van der Waals surface area contributed by atoms with Crippen molar-refractivity contribution in [1.82, 2.24) is 19.7 Å². The Kier molecular flexibility index (Phi) is 7.25. The quantitative estimate of drug-likeness (QED) is 0.450. The lowest BCUT2D eigenvalue weighted by molar-refractivity contribution is -0.134. The number of halogens is 1. The number of carbonyl (C=O) groups is 1. The number of rotatable bonds is 7. The molecule has 1 aromatic heterocycles. The van der Waals surface area contributed by atoms with Crippen LogP contribution in [0.25, 0.3) is 11.4 Å². The number of likely N-dealkylation sites (tertiary alicyclic amines) is 1. The van der Waals surface area contributed by atoms with E-state index in [0.717, 1.165) is 36.9 Å². The summed E-state index contributed by atoms with van der Waals surface area (Å²) in [6.45, 7) is 5.51. The molecule has 2 aromatic carbocycles. The van der Waals surface area contributed by atoms with Gasteiger partial charge in [-0.1, -0.05) is 49.0 Å². The molecule has 0 radical (unpaired) electrons. The van der Waals surface area contributed by atoms with Gasteiger partial charge in [0.15, 0.2) is 11.0 Å². The highest BCUT2D eigenvalue weighted by Crippen LogP contribution is 2.30. The second kappa shape index (κ2) is 10.3. The van der Waals surface area contributed by atoms with Gasteiger partial charge in [0, 0.05) is 18.2 Å². The van der Waals surface area contributed by atoms with Crippen LogP contribution in [0.4, 0.5) is 4.39 Å². The first-order valence-corrected chi connectivity index (χ1v) is 12.1. The van der Waals surface area contributed by atoms with Crippen molar-refractivity contribution in [3.05, 3.63) is 66.0 Å². The molecule has 0 aliphatic carbocycles. The summed E-state index contributed by atoms with van der Waals surface area (Å²) in [4.78, 5) is 15.3. The van der Waals surface area contributed by atoms with Crippen molar-refractivity contribution in [2.24, 2.45) is 0 Å². The smallest absolute Gasteiger partial charge is 0.236 e. The molecule has 1 aliphatic rings. The Morgan fingerprint density at radius 2 is 1.88 bits per heavy atom. The van der Waals surface area contributed by atoms with Crippen LogP contribution in [0.1, 0.15) is 45.1 Å². The van der Waals surface area contributed by atoms with Gasteiger partial charge in [-0.25, -0.2) is 4.39 Å². The average molecular weight is 453 g/mol. The minimum atomic E-state index is -0.288. The molecule has 0 N–H and O–H groups in total. The number of thioether (sulfide) groups is 1. The lowest BCUT2D eigenvalue weighted by Gasteiger charge is -2.36. The summed E-state index contributed by atoms with van der Waals surface area (Å²) in [5.41, 5.74) is 1.90. The van der Waals surface area contributed by atoms with E-state index in [1.807, 2.05) is 29.7 Å². The van der Waals surface area contributed by atoms with Gasteiger partial charge in [0.1, 0.15) is 5.82 Å². The second-order valence-electron chi connectivity index (χ2n) is 8.23. The van der Waals surface area contributed by atoms with Crippen LogP contribution in [0.3, 0.4) is 0 Å². The van der Waals surface area contributed by atoms with Crippen LogP contribution in [-0.2, 0) is 11.3 Å². The molecule has 7 heteroatoms. The van der Waals surface area contributed by atoms with E-state index >= 15 is 0 Å². The average Bonchev–Trinajstić information content (AvgIpc) is 3.21. The number of amides is 1. The Balaban J connectivity index is 1.61. The van der Waals surface area contributed by atoms with Gasteiger partial charge in [-0.05, 0) is 62.4 Å². The highest BCUT2D eigenvalue weighted by molar-refractivity contribution is 8.00. The van der Waals surface area contributed by atoms with Crippen LogP contribution >= 0.6 is 11.8 Å². The number of benzene rings is 2. The van der Waals surface area contributed by atoms with E-state index in [2.05, 4.69) is 34.2 Å². The molecule has 1 fully saturated rings. The number of nitrogens with zero attached hydrogens (tertiary/aromatic N) is 4. The highest BCUT2D eigenvalue weighted by atomic mass is 32.2. The maximum atomic E-state index is 13.5. The number of aromatic nitrogens is 3. The minimum absolute atomic E-state index is 0.166. The Hall–Kier alpha value is -2.67. The summed E-state index contributed by atoms with van der Waals surface area (Å²) >= 11 is 1.45. The van der Waals surface area contributed by atoms with Gasteiger partial charge in [0.05, 0.1) is 11.8 Å². The zero-order valence-corrected chi connectivity index (χ0v) is 19.4. The van der Waals surface area contributed by atoms with Crippen molar-refractivity contribution in [3.63, 3.8) is 0 Å². The first kappa shape index (κ1) is 22.5. The van der Waals surface area contributed by atoms with E-state index in [1.165, 1.54) is 30.3 Å². The number of piperidine rings is 1. The molecule has 32 heavy (non-hydrogen) atoms. The fourth-order valence-corrected chi connectivity index (χ4v) is 5.17. The summed E-state index contributed by atoms with van der Waals surface area (Å²) in [7, 11) is 0. The first-order chi connectivity index (χ1) is 15.6. The normalized spacial score (nSPS) is 17.3. The summed E-state index contributed by atoms with van der Waals surface area (Å²) in [6.07, 6.45) is 4.33. The van der Waals surface area contributed by atoms with Crippen LogP contribution in [0.2, 0.25) is 0 Å². The summed E-state index contributed by atoms with van der Waals surface area (Å²) in [5, 5.41) is 9.27. The molecule has 2 heterocycles. The second-order valence-corrected chi connectivity index (χ2v) is 9.54. The molecule has 2 atom stereocenters. The lowest BCUT2D eigenvalue weighted by atomic mass is 10.00. The largest absolute Gasteiger partial charge is 0.339 e. The molecule has 2 unspecified atom stereocenters. The monoisotopic (exact) mass is 452 g/mol. The zero-order valence-electron chi connectivity index (χ0n) is 18.6. The van der Waals surface area contributed by atoms with Crippen molar-refractivity contribution in [3.8, 4) is 11.4 Å². The van der Waals surface area contributed by atoms with E-state index in [-0.39, 0.29) is 17.0 Å². The maximum absolute atomic E-state index is 13.5. The maximum Gasteiger partial charge on any atom is 0.236 e. The van der Waals surface area contributed by atoms with Gasteiger partial charge in [-0.3, -0.25) is 9.36 Å². The third-order valence-electron chi connectivity index (χ3n) is 6.01. The fraction of sp³-hybridized carbons (Fsp3) is 0.400. The Morgan fingerprint density at radius 3 is 2.59 bits per heavy atom. The first-order valence-electron chi connectivity index (χ1n) is 11.3. The Labute approximate surface area is 193 Å². The fourth-order valence-electron chi connectivity index (χ4n) is 4.25. The number of hydrogen-bond donors (Lipinski definition) is 0. The zero-order chi connectivity index (χ0) is 22.5. The van der Waals surface area contributed by atoms with Gasteiger partial charge in [0.2, 0.25) is 5.91 Å². The van der Waals surface area contributed by atoms with Crippen molar-refractivity contribution in [2.75, 3.05) is 6.54 Å². The third kappa shape index (κ3) is 5.04. The summed E-state index contributed by atoms with van der Waals surface area (Å²) in [6, 6.07) is 16.7. The van der Waals surface area contributed by atoms with Crippen molar-refractivity contribution >= 4 is 17.7 Å². The molecular formula is C25H29FN4OS. The predicted octanol–water partition coefficient (Wildman–Crippen LogP) is 5.40. The third-order valence-corrected chi connectivity index (χ3v) is 7.08. The Morgan fingerprint density at radius 1 is 1.12 bits per heavy atom. The number of carbonyl (C=O) groups excluding carboxylic acids is 1. The van der Waals surface area contributed by atoms with E-state index in [4.69, 9.17) is 0 Å². The SMILES string of the molecule is CCC1CCCCN1C(=O)C(C)Sc1nnc(-c2ccc(F)cc2)n1Cc1ccccc1. The number of hydrogen-bond acceptors (Lipinski definition) is 4. The molecule has 3 aromatic rings. The van der Waals surface area contributed by atoms with Crippen molar-refractivity contribution in [2.45, 2.75) is 62.5 Å². The molecule has 0 saturated carbocycles. The van der Waals surface area contributed by atoms with E-state index < -0.39 is 0 Å². The highest BCUT2D eigenvalue weighted by Gasteiger charge is 2.30. The van der Waals surface area contributed by atoms with E-state index in [1.54, 1.807) is 12.1 Å². The van der Waals surface area contributed by atoms with Crippen LogP contribution in [0, 0.1) is 5.82 Å². The van der Waals surface area contributed by atoms with Crippen LogP contribution in [0.5, 0.6) is 0 Å². The summed E-state index contributed by atoms with van der Waals surface area (Å²) < 4.78 is 15.5. The van der Waals surface area contributed by atoms with Crippen LogP contribution < -0.4 is 0 Å². The van der Waals surface area contributed by atoms with Gasteiger partial charge in [-0.2, -0.15) is 0 Å². The lowest BCUT2D eigenvalue weighted by Crippen LogP contribution is -2.46. The van der Waals surface area contributed by atoms with Gasteiger partial charge in [-0.15, -0.1) is 10.2 Å². The molecule has 1 amide bonds. The minimum Gasteiger partial charge on any atom is -0.339 e. The van der Waals surface area contributed by atoms with Gasteiger partial charge >= 0.3 is 0 Å². The van der Waals surface area contributed by atoms with Gasteiger partial charge < -0.3 is 4.90 Å². The van der Waals surface area contributed by atoms with Crippen LogP contribution in [0.15, 0.2) is 59.8 Å². The predicted molar refractivity (Wildman–Crippen MR) is 126 cm³/mol. The molecule has 1 aliphatic heterocycles. The summed E-state index contributed by atoms with van der Waals surface area (Å²) in [5.74, 6) is 0.545. The molecule has 4 rings (SSSR count). The Bertz CT molecular complexity index is 1040. The van der Waals surface area contributed by atoms with Crippen molar-refractivity contribution in [1.29, 1.82) is 0 Å². The topological polar surface area (TPSA) is 51.0 Å². The molecule has 5 nitrogen and oxygen atoms in total. The van der Waals surface area contributed by atoms with E-state index in [0.29, 0.717) is 23.6 Å². The molecule has 168 valence electrons. The van der Waals surface area contributed by atoms with Crippen LogP contribution in [-0.4, -0.2) is 43.4 Å². The molecule has 0 spiro atoms.